The number of rotatable bonds is 4. The molecule has 2 aromatic rings. The van der Waals surface area contributed by atoms with Crippen molar-refractivity contribution in [1.82, 2.24) is 5.32 Å². The second-order valence-electron chi connectivity index (χ2n) is 6.61. The summed E-state index contributed by atoms with van der Waals surface area (Å²) in [5.74, 6) is 0.154. The van der Waals surface area contributed by atoms with Gasteiger partial charge in [0.05, 0.1) is 6.10 Å². The molecule has 0 saturated heterocycles. The zero-order valence-corrected chi connectivity index (χ0v) is 12.5. The van der Waals surface area contributed by atoms with E-state index in [-0.39, 0.29) is 23.8 Å². The molecule has 1 saturated carbocycles. The molecule has 0 aliphatic heterocycles. The van der Waals surface area contributed by atoms with Gasteiger partial charge in [0.25, 0.3) is 0 Å². The normalized spacial score (nSPS) is 21.0. The van der Waals surface area contributed by atoms with Gasteiger partial charge in [-0.3, -0.25) is 4.79 Å². The van der Waals surface area contributed by atoms with Crippen molar-refractivity contribution in [3.8, 4) is 0 Å². The Morgan fingerprint density at radius 3 is 2.62 bits per heavy atom. The number of fused-ring (bicyclic) bond motifs is 1. The minimum atomic E-state index is -0.666. The summed E-state index contributed by atoms with van der Waals surface area (Å²) in [6, 6.07) is 13.9. The molecule has 2 atom stereocenters. The summed E-state index contributed by atoms with van der Waals surface area (Å²) in [5, 5.41) is 15.4. The van der Waals surface area contributed by atoms with Crippen LogP contribution in [0.5, 0.6) is 0 Å². The molecular formula is C18H21NO2. The van der Waals surface area contributed by atoms with Gasteiger partial charge in [-0.1, -0.05) is 50.2 Å². The van der Waals surface area contributed by atoms with Crippen molar-refractivity contribution in [2.45, 2.75) is 26.4 Å². The third kappa shape index (κ3) is 2.93. The average Bonchev–Trinajstić information content (AvgIpc) is 3.13. The van der Waals surface area contributed by atoms with Crippen LogP contribution < -0.4 is 5.32 Å². The van der Waals surface area contributed by atoms with Gasteiger partial charge in [-0.05, 0) is 34.2 Å². The van der Waals surface area contributed by atoms with Crippen LogP contribution in [0.25, 0.3) is 10.8 Å². The lowest BCUT2D eigenvalue weighted by atomic mass is 10.0. The molecule has 3 rings (SSSR count). The van der Waals surface area contributed by atoms with Crippen LogP contribution in [0.1, 0.15) is 31.9 Å². The number of amides is 1. The fraction of sp³-hybridized carbons (Fsp3) is 0.389. The Morgan fingerprint density at radius 1 is 1.29 bits per heavy atom. The van der Waals surface area contributed by atoms with E-state index < -0.39 is 6.10 Å². The Bertz CT molecular complexity index is 678. The molecule has 1 amide bonds. The maximum Gasteiger partial charge on any atom is 0.223 e. The molecule has 1 fully saturated rings. The Kier molecular flexibility index (Phi) is 3.46. The van der Waals surface area contributed by atoms with Crippen LogP contribution in [0.4, 0.5) is 0 Å². The number of carbonyl (C=O) groups excluding carboxylic acids is 1. The van der Waals surface area contributed by atoms with Crippen molar-refractivity contribution in [2.24, 2.45) is 11.3 Å². The standard InChI is InChI=1S/C18H21NO2/c1-18(2)10-15(18)17(21)19-11-16(20)14-8-7-12-5-3-4-6-13(12)9-14/h3-9,15-16,20H,10-11H2,1-2H3,(H,19,21). The summed E-state index contributed by atoms with van der Waals surface area (Å²) in [5.41, 5.74) is 0.960. The Labute approximate surface area is 125 Å². The molecule has 1 aliphatic rings. The van der Waals surface area contributed by atoms with E-state index in [1.54, 1.807) is 0 Å². The lowest BCUT2D eigenvalue weighted by molar-refractivity contribution is -0.123. The van der Waals surface area contributed by atoms with Gasteiger partial charge in [0.2, 0.25) is 5.91 Å². The molecule has 0 bridgehead atoms. The predicted molar refractivity (Wildman–Crippen MR) is 83.8 cm³/mol. The molecule has 21 heavy (non-hydrogen) atoms. The second-order valence-corrected chi connectivity index (χ2v) is 6.61. The molecule has 2 aromatic carbocycles. The van der Waals surface area contributed by atoms with Gasteiger partial charge in [0.15, 0.2) is 0 Å². The van der Waals surface area contributed by atoms with E-state index in [1.165, 1.54) is 0 Å². The van der Waals surface area contributed by atoms with E-state index >= 15 is 0 Å². The summed E-state index contributed by atoms with van der Waals surface area (Å²) in [7, 11) is 0. The number of aliphatic hydroxyl groups excluding tert-OH is 1. The molecule has 0 heterocycles. The van der Waals surface area contributed by atoms with Crippen LogP contribution in [0.3, 0.4) is 0 Å². The zero-order valence-electron chi connectivity index (χ0n) is 12.5. The third-order valence-electron chi connectivity index (χ3n) is 4.46. The maximum atomic E-state index is 11.9. The van der Waals surface area contributed by atoms with Crippen molar-refractivity contribution in [3.05, 3.63) is 48.0 Å². The van der Waals surface area contributed by atoms with Gasteiger partial charge < -0.3 is 10.4 Å². The van der Waals surface area contributed by atoms with Gasteiger partial charge in [-0.25, -0.2) is 0 Å². The molecule has 2 unspecified atom stereocenters. The summed E-state index contributed by atoms with van der Waals surface area (Å²) in [4.78, 5) is 11.9. The molecule has 110 valence electrons. The minimum Gasteiger partial charge on any atom is -0.387 e. The Balaban J connectivity index is 1.64. The SMILES string of the molecule is CC1(C)CC1C(=O)NCC(O)c1ccc2ccccc2c1. The van der Waals surface area contributed by atoms with Crippen molar-refractivity contribution >= 4 is 16.7 Å². The molecule has 0 aromatic heterocycles. The highest BCUT2D eigenvalue weighted by Crippen LogP contribution is 2.51. The van der Waals surface area contributed by atoms with Crippen molar-refractivity contribution in [2.75, 3.05) is 6.54 Å². The average molecular weight is 283 g/mol. The predicted octanol–water partition coefficient (Wildman–Crippen LogP) is 3.04. The van der Waals surface area contributed by atoms with E-state index in [4.69, 9.17) is 0 Å². The molecule has 3 heteroatoms. The van der Waals surface area contributed by atoms with Gasteiger partial charge >= 0.3 is 0 Å². The fourth-order valence-corrected chi connectivity index (χ4v) is 2.77. The highest BCUT2D eigenvalue weighted by molar-refractivity contribution is 5.83. The Morgan fingerprint density at radius 2 is 1.95 bits per heavy atom. The lowest BCUT2D eigenvalue weighted by Crippen LogP contribution is -2.30. The van der Waals surface area contributed by atoms with Gasteiger partial charge in [0.1, 0.15) is 0 Å². The van der Waals surface area contributed by atoms with Crippen LogP contribution in [0.2, 0.25) is 0 Å². The summed E-state index contributed by atoms with van der Waals surface area (Å²) >= 11 is 0. The summed E-state index contributed by atoms with van der Waals surface area (Å²) in [6.45, 7) is 4.46. The van der Waals surface area contributed by atoms with Crippen LogP contribution in [-0.4, -0.2) is 17.6 Å². The van der Waals surface area contributed by atoms with Crippen molar-refractivity contribution in [3.63, 3.8) is 0 Å². The number of hydrogen-bond acceptors (Lipinski definition) is 2. The first-order chi connectivity index (χ1) is 9.97. The van der Waals surface area contributed by atoms with Crippen LogP contribution in [0.15, 0.2) is 42.5 Å². The number of aliphatic hydroxyl groups is 1. The highest BCUT2D eigenvalue weighted by Gasteiger charge is 2.50. The van der Waals surface area contributed by atoms with Crippen LogP contribution in [-0.2, 0) is 4.79 Å². The third-order valence-corrected chi connectivity index (χ3v) is 4.46. The van der Waals surface area contributed by atoms with Gasteiger partial charge in [0, 0.05) is 12.5 Å². The zero-order chi connectivity index (χ0) is 15.0. The Hall–Kier alpha value is -1.87. The van der Waals surface area contributed by atoms with Crippen molar-refractivity contribution in [1.29, 1.82) is 0 Å². The minimum absolute atomic E-state index is 0.0554. The van der Waals surface area contributed by atoms with E-state index in [0.29, 0.717) is 0 Å². The van der Waals surface area contributed by atoms with E-state index in [9.17, 15) is 9.90 Å². The number of benzene rings is 2. The molecule has 3 nitrogen and oxygen atoms in total. The first-order valence-corrected chi connectivity index (χ1v) is 7.42. The van der Waals surface area contributed by atoms with E-state index in [2.05, 4.69) is 19.2 Å². The first kappa shape index (κ1) is 14.1. The molecular weight excluding hydrogens is 262 g/mol. The fourth-order valence-electron chi connectivity index (χ4n) is 2.77. The molecule has 0 radical (unpaired) electrons. The van der Waals surface area contributed by atoms with Gasteiger partial charge in [-0.15, -0.1) is 0 Å². The number of carbonyl (C=O) groups is 1. The topological polar surface area (TPSA) is 49.3 Å². The van der Waals surface area contributed by atoms with Gasteiger partial charge in [-0.2, -0.15) is 0 Å². The second kappa shape index (κ2) is 5.15. The number of nitrogens with one attached hydrogen (secondary N) is 1. The van der Waals surface area contributed by atoms with E-state index in [1.807, 2.05) is 42.5 Å². The maximum absolute atomic E-state index is 11.9. The smallest absolute Gasteiger partial charge is 0.223 e. The highest BCUT2D eigenvalue weighted by atomic mass is 16.3. The lowest BCUT2D eigenvalue weighted by Gasteiger charge is -2.13. The first-order valence-electron chi connectivity index (χ1n) is 7.42. The van der Waals surface area contributed by atoms with E-state index in [0.717, 1.165) is 22.8 Å². The monoisotopic (exact) mass is 283 g/mol. The largest absolute Gasteiger partial charge is 0.387 e. The molecule has 2 N–H and O–H groups in total. The molecule has 0 spiro atoms. The van der Waals surface area contributed by atoms with Crippen LogP contribution in [0, 0.1) is 11.3 Å². The van der Waals surface area contributed by atoms with Crippen molar-refractivity contribution < 1.29 is 9.90 Å². The molecule has 1 aliphatic carbocycles. The van der Waals surface area contributed by atoms with Crippen LogP contribution >= 0.6 is 0 Å². The number of hydrogen-bond donors (Lipinski definition) is 2. The quantitative estimate of drug-likeness (QED) is 0.906. The summed E-state index contributed by atoms with van der Waals surface area (Å²) in [6.07, 6.45) is 0.269. The summed E-state index contributed by atoms with van der Waals surface area (Å²) < 4.78 is 0.